The quantitative estimate of drug-likeness (QED) is 0.443. The number of rotatable bonds is 7. The fourth-order valence-corrected chi connectivity index (χ4v) is 2.04. The number of nitrogens with zero attached hydrogens (tertiary/aromatic N) is 3. The SMILES string of the molecule is CCCCCN(C)c1ncnc(NN)c1C(C)C. The van der Waals surface area contributed by atoms with Crippen molar-refractivity contribution >= 4 is 11.6 Å². The van der Waals surface area contributed by atoms with E-state index in [2.05, 4.69) is 48.1 Å². The van der Waals surface area contributed by atoms with Gasteiger partial charge in [-0.2, -0.15) is 0 Å². The molecule has 1 aromatic rings. The number of anilines is 2. The van der Waals surface area contributed by atoms with E-state index in [1.54, 1.807) is 6.33 Å². The van der Waals surface area contributed by atoms with Crippen molar-refractivity contribution in [2.45, 2.75) is 46.0 Å². The minimum Gasteiger partial charge on any atom is -0.359 e. The summed E-state index contributed by atoms with van der Waals surface area (Å²) in [6.45, 7) is 7.47. The highest BCUT2D eigenvalue weighted by molar-refractivity contribution is 5.59. The number of unbranched alkanes of at least 4 members (excludes halogenated alkanes) is 2. The summed E-state index contributed by atoms with van der Waals surface area (Å²) < 4.78 is 0. The van der Waals surface area contributed by atoms with Gasteiger partial charge in [-0.1, -0.05) is 33.6 Å². The van der Waals surface area contributed by atoms with E-state index in [1.165, 1.54) is 19.3 Å². The highest BCUT2D eigenvalue weighted by Crippen LogP contribution is 2.29. The number of hydrogen-bond acceptors (Lipinski definition) is 5. The molecule has 5 heteroatoms. The Morgan fingerprint density at radius 2 is 2.06 bits per heavy atom. The zero-order valence-electron chi connectivity index (χ0n) is 11.9. The second kappa shape index (κ2) is 7.16. The van der Waals surface area contributed by atoms with Crippen LogP contribution in [-0.2, 0) is 0 Å². The number of nitrogens with two attached hydrogens (primary N) is 1. The van der Waals surface area contributed by atoms with Gasteiger partial charge in [-0.25, -0.2) is 15.8 Å². The summed E-state index contributed by atoms with van der Waals surface area (Å²) in [5.41, 5.74) is 3.74. The third-order valence-electron chi connectivity index (χ3n) is 3.04. The van der Waals surface area contributed by atoms with E-state index in [1.807, 2.05) is 0 Å². The molecule has 0 fully saturated rings. The summed E-state index contributed by atoms with van der Waals surface area (Å²) in [5, 5.41) is 0. The van der Waals surface area contributed by atoms with Crippen LogP contribution in [0, 0.1) is 0 Å². The van der Waals surface area contributed by atoms with Crippen LogP contribution in [0.5, 0.6) is 0 Å². The molecule has 5 nitrogen and oxygen atoms in total. The second-order valence-electron chi connectivity index (χ2n) is 4.89. The molecule has 0 spiro atoms. The normalized spacial score (nSPS) is 10.8. The lowest BCUT2D eigenvalue weighted by molar-refractivity contribution is 0.695. The van der Waals surface area contributed by atoms with Crippen LogP contribution in [0.3, 0.4) is 0 Å². The Morgan fingerprint density at radius 3 is 2.61 bits per heavy atom. The van der Waals surface area contributed by atoms with Crippen LogP contribution in [-0.4, -0.2) is 23.6 Å². The maximum atomic E-state index is 5.52. The first-order valence-electron chi connectivity index (χ1n) is 6.64. The van der Waals surface area contributed by atoms with E-state index in [0.29, 0.717) is 5.92 Å². The summed E-state index contributed by atoms with van der Waals surface area (Å²) in [6, 6.07) is 0. The van der Waals surface area contributed by atoms with E-state index < -0.39 is 0 Å². The second-order valence-corrected chi connectivity index (χ2v) is 4.89. The number of nitrogens with one attached hydrogen (secondary N) is 1. The Hall–Kier alpha value is -1.36. The third-order valence-corrected chi connectivity index (χ3v) is 3.04. The molecule has 0 aromatic carbocycles. The summed E-state index contributed by atoms with van der Waals surface area (Å²) in [5.74, 6) is 7.55. The summed E-state index contributed by atoms with van der Waals surface area (Å²) in [7, 11) is 2.07. The monoisotopic (exact) mass is 251 g/mol. The Labute approximate surface area is 110 Å². The Balaban J connectivity index is 2.92. The van der Waals surface area contributed by atoms with E-state index in [9.17, 15) is 0 Å². The van der Waals surface area contributed by atoms with Gasteiger partial charge in [0, 0.05) is 19.2 Å². The first-order chi connectivity index (χ1) is 8.61. The van der Waals surface area contributed by atoms with Crippen molar-refractivity contribution in [2.24, 2.45) is 5.84 Å². The summed E-state index contributed by atoms with van der Waals surface area (Å²) in [6.07, 6.45) is 5.21. The van der Waals surface area contributed by atoms with Crippen molar-refractivity contribution in [1.29, 1.82) is 0 Å². The van der Waals surface area contributed by atoms with Crippen LogP contribution < -0.4 is 16.2 Å². The largest absolute Gasteiger partial charge is 0.359 e. The fourth-order valence-electron chi connectivity index (χ4n) is 2.04. The van der Waals surface area contributed by atoms with Crippen molar-refractivity contribution in [1.82, 2.24) is 9.97 Å². The molecule has 0 unspecified atom stereocenters. The third kappa shape index (κ3) is 3.57. The molecular weight excluding hydrogens is 226 g/mol. The molecular formula is C13H25N5. The number of hydrazine groups is 1. The molecule has 0 saturated heterocycles. The van der Waals surface area contributed by atoms with E-state index in [-0.39, 0.29) is 0 Å². The first kappa shape index (κ1) is 14.7. The number of aromatic nitrogens is 2. The van der Waals surface area contributed by atoms with E-state index in [4.69, 9.17) is 5.84 Å². The van der Waals surface area contributed by atoms with Crippen LogP contribution in [0.1, 0.15) is 51.5 Å². The van der Waals surface area contributed by atoms with Gasteiger partial charge in [0.05, 0.1) is 0 Å². The number of nitrogen functional groups attached to an aromatic ring is 1. The lowest BCUT2D eigenvalue weighted by atomic mass is 10.0. The Kier molecular flexibility index (Phi) is 5.85. The van der Waals surface area contributed by atoms with Crippen LogP contribution >= 0.6 is 0 Å². The number of hydrogen-bond donors (Lipinski definition) is 2. The molecule has 1 aromatic heterocycles. The highest BCUT2D eigenvalue weighted by atomic mass is 15.3. The van der Waals surface area contributed by atoms with Gasteiger partial charge in [0.1, 0.15) is 18.0 Å². The van der Waals surface area contributed by atoms with Gasteiger partial charge in [0.2, 0.25) is 0 Å². The van der Waals surface area contributed by atoms with Crippen LogP contribution in [0.25, 0.3) is 0 Å². The van der Waals surface area contributed by atoms with Crippen molar-refractivity contribution in [3.05, 3.63) is 11.9 Å². The fraction of sp³-hybridized carbons (Fsp3) is 0.692. The summed E-state index contributed by atoms with van der Waals surface area (Å²) >= 11 is 0. The van der Waals surface area contributed by atoms with Crippen molar-refractivity contribution in [3.8, 4) is 0 Å². The average Bonchev–Trinajstić information content (AvgIpc) is 2.37. The molecule has 1 heterocycles. The molecule has 0 radical (unpaired) electrons. The minimum absolute atomic E-state index is 0.334. The van der Waals surface area contributed by atoms with E-state index >= 15 is 0 Å². The molecule has 0 bridgehead atoms. The van der Waals surface area contributed by atoms with Gasteiger partial charge in [0.25, 0.3) is 0 Å². The molecule has 0 aliphatic heterocycles. The summed E-state index contributed by atoms with van der Waals surface area (Å²) in [4.78, 5) is 10.8. The van der Waals surface area contributed by atoms with Gasteiger partial charge in [-0.3, -0.25) is 0 Å². The standard InChI is InChI=1S/C13H25N5/c1-5-6-7-8-18(4)13-11(10(2)3)12(17-14)15-9-16-13/h9-10H,5-8,14H2,1-4H3,(H,15,16,17). The van der Waals surface area contributed by atoms with E-state index in [0.717, 1.165) is 23.7 Å². The highest BCUT2D eigenvalue weighted by Gasteiger charge is 2.16. The maximum absolute atomic E-state index is 5.52. The molecule has 18 heavy (non-hydrogen) atoms. The molecule has 0 aliphatic carbocycles. The van der Waals surface area contributed by atoms with Crippen LogP contribution in [0.2, 0.25) is 0 Å². The molecule has 0 atom stereocenters. The van der Waals surface area contributed by atoms with Crippen LogP contribution in [0.4, 0.5) is 11.6 Å². The zero-order chi connectivity index (χ0) is 13.5. The van der Waals surface area contributed by atoms with Crippen molar-refractivity contribution < 1.29 is 0 Å². The Bertz CT molecular complexity index is 364. The van der Waals surface area contributed by atoms with Crippen LogP contribution in [0.15, 0.2) is 6.33 Å². The topological polar surface area (TPSA) is 67.1 Å². The smallest absolute Gasteiger partial charge is 0.148 e. The van der Waals surface area contributed by atoms with Gasteiger partial charge < -0.3 is 10.3 Å². The molecule has 0 saturated carbocycles. The molecule has 0 amide bonds. The van der Waals surface area contributed by atoms with Gasteiger partial charge in [-0.05, 0) is 12.3 Å². The van der Waals surface area contributed by atoms with Gasteiger partial charge in [0.15, 0.2) is 0 Å². The van der Waals surface area contributed by atoms with Gasteiger partial charge in [-0.15, -0.1) is 0 Å². The average molecular weight is 251 g/mol. The minimum atomic E-state index is 0.334. The predicted molar refractivity (Wildman–Crippen MR) is 76.7 cm³/mol. The van der Waals surface area contributed by atoms with Crippen molar-refractivity contribution in [2.75, 3.05) is 23.9 Å². The van der Waals surface area contributed by atoms with Crippen molar-refractivity contribution in [3.63, 3.8) is 0 Å². The maximum Gasteiger partial charge on any atom is 0.148 e. The predicted octanol–water partition coefficient (Wildman–Crippen LogP) is 2.51. The molecule has 102 valence electrons. The Morgan fingerprint density at radius 1 is 1.33 bits per heavy atom. The molecule has 3 N–H and O–H groups in total. The first-order valence-corrected chi connectivity index (χ1v) is 6.64. The molecule has 1 rings (SSSR count). The lowest BCUT2D eigenvalue weighted by Gasteiger charge is -2.23. The lowest BCUT2D eigenvalue weighted by Crippen LogP contribution is -2.23. The van der Waals surface area contributed by atoms with Gasteiger partial charge >= 0.3 is 0 Å². The zero-order valence-corrected chi connectivity index (χ0v) is 11.9. The molecule has 0 aliphatic rings.